The van der Waals surface area contributed by atoms with Crippen molar-refractivity contribution in [2.75, 3.05) is 18.5 Å². The minimum atomic E-state index is 0.974. The molecule has 0 aliphatic carbocycles. The van der Waals surface area contributed by atoms with Gasteiger partial charge in [0, 0.05) is 35.1 Å². The third-order valence-electron chi connectivity index (χ3n) is 4.23. The average molecular weight is 300 g/mol. The molecule has 0 fully saturated rings. The lowest BCUT2D eigenvalue weighted by atomic mass is 9.99. The van der Waals surface area contributed by atoms with Crippen LogP contribution in [0.25, 0.3) is 0 Å². The maximum atomic E-state index is 3.25. The zero-order chi connectivity index (χ0) is 14.8. The highest BCUT2D eigenvalue weighted by Crippen LogP contribution is 2.31. The first kappa shape index (κ1) is 14.6. The summed E-state index contributed by atoms with van der Waals surface area (Å²) >= 11 is 1.92. The molecule has 0 unspecified atom stereocenters. The van der Waals surface area contributed by atoms with E-state index in [9.17, 15) is 0 Å². The molecule has 112 valence electrons. The average Bonchev–Trinajstić information content (AvgIpc) is 2.79. The Labute approximate surface area is 131 Å². The van der Waals surface area contributed by atoms with Crippen LogP contribution in [0.5, 0.6) is 0 Å². The van der Waals surface area contributed by atoms with Gasteiger partial charge in [0.2, 0.25) is 0 Å². The molecule has 0 amide bonds. The van der Waals surface area contributed by atoms with Crippen LogP contribution in [0.15, 0.2) is 24.3 Å². The molecule has 0 spiro atoms. The van der Waals surface area contributed by atoms with Gasteiger partial charge >= 0.3 is 0 Å². The Hall–Kier alpha value is -1.32. The highest BCUT2D eigenvalue weighted by molar-refractivity contribution is 7.12. The number of fused-ring (bicyclic) bond motifs is 1. The monoisotopic (exact) mass is 300 g/mol. The molecule has 1 aliphatic rings. The molecule has 2 heterocycles. The first-order valence-corrected chi connectivity index (χ1v) is 8.56. The van der Waals surface area contributed by atoms with Crippen molar-refractivity contribution in [1.29, 1.82) is 0 Å². The van der Waals surface area contributed by atoms with Crippen LogP contribution in [-0.4, -0.2) is 13.6 Å². The van der Waals surface area contributed by atoms with E-state index in [1.165, 1.54) is 51.5 Å². The zero-order valence-corrected chi connectivity index (χ0v) is 14.0. The number of nitrogens with zero attached hydrogens (tertiary/aromatic N) is 1. The molecule has 1 aromatic carbocycles. The Bertz CT molecular complexity index is 630. The third kappa shape index (κ3) is 3.14. The van der Waals surface area contributed by atoms with E-state index in [0.717, 1.165) is 13.1 Å². The molecule has 0 bridgehead atoms. The Morgan fingerprint density at radius 1 is 1.24 bits per heavy atom. The third-order valence-corrected chi connectivity index (χ3v) is 5.33. The van der Waals surface area contributed by atoms with Gasteiger partial charge < -0.3 is 10.2 Å². The largest absolute Gasteiger partial charge is 0.367 e. The summed E-state index contributed by atoms with van der Waals surface area (Å²) in [7, 11) is 2.01. The molecule has 21 heavy (non-hydrogen) atoms. The van der Waals surface area contributed by atoms with Crippen molar-refractivity contribution in [3.63, 3.8) is 0 Å². The number of anilines is 1. The lowest BCUT2D eigenvalue weighted by Gasteiger charge is -2.31. The minimum Gasteiger partial charge on any atom is -0.367 e. The van der Waals surface area contributed by atoms with E-state index in [1.54, 1.807) is 0 Å². The van der Waals surface area contributed by atoms with Gasteiger partial charge in [-0.15, -0.1) is 11.3 Å². The zero-order valence-electron chi connectivity index (χ0n) is 13.2. The van der Waals surface area contributed by atoms with Crippen LogP contribution in [0.2, 0.25) is 0 Å². The van der Waals surface area contributed by atoms with E-state index in [2.05, 4.69) is 48.3 Å². The van der Waals surface area contributed by atoms with Crippen LogP contribution < -0.4 is 10.2 Å². The van der Waals surface area contributed by atoms with Gasteiger partial charge in [0.15, 0.2) is 0 Å². The van der Waals surface area contributed by atoms with Gasteiger partial charge in [-0.05, 0) is 57.0 Å². The smallest absolute Gasteiger partial charge is 0.0440 e. The number of nitrogens with one attached hydrogen (secondary N) is 1. The molecule has 0 radical (unpaired) electrons. The van der Waals surface area contributed by atoms with Crippen LogP contribution >= 0.6 is 11.3 Å². The fourth-order valence-corrected chi connectivity index (χ4v) is 4.25. The summed E-state index contributed by atoms with van der Waals surface area (Å²) in [6.45, 7) is 7.63. The molecule has 3 rings (SSSR count). The van der Waals surface area contributed by atoms with Crippen molar-refractivity contribution in [3.05, 3.63) is 50.7 Å². The van der Waals surface area contributed by atoms with Crippen molar-refractivity contribution < 1.29 is 0 Å². The molecule has 1 N–H and O–H groups in total. The minimum absolute atomic E-state index is 0.974. The Morgan fingerprint density at radius 2 is 2.10 bits per heavy atom. The summed E-state index contributed by atoms with van der Waals surface area (Å²) in [6, 6.07) is 9.28. The van der Waals surface area contributed by atoms with Crippen LogP contribution in [-0.2, 0) is 19.5 Å². The van der Waals surface area contributed by atoms with Crippen molar-refractivity contribution in [2.24, 2.45) is 0 Å². The fourth-order valence-electron chi connectivity index (χ4n) is 3.18. The molecule has 2 aromatic rings. The van der Waals surface area contributed by atoms with Gasteiger partial charge in [0.1, 0.15) is 0 Å². The first-order valence-electron chi connectivity index (χ1n) is 7.74. The molecule has 0 saturated carbocycles. The second kappa shape index (κ2) is 6.20. The van der Waals surface area contributed by atoms with Crippen LogP contribution in [0.1, 0.15) is 32.9 Å². The molecule has 1 aliphatic heterocycles. The summed E-state index contributed by atoms with van der Waals surface area (Å²) in [4.78, 5) is 5.45. The second-order valence-corrected chi connectivity index (χ2v) is 7.32. The molecule has 0 saturated heterocycles. The predicted molar refractivity (Wildman–Crippen MR) is 92.4 cm³/mol. The van der Waals surface area contributed by atoms with E-state index >= 15 is 0 Å². The van der Waals surface area contributed by atoms with Gasteiger partial charge in [-0.2, -0.15) is 0 Å². The summed E-state index contributed by atoms with van der Waals surface area (Å²) in [5.41, 5.74) is 5.81. The van der Waals surface area contributed by atoms with Crippen molar-refractivity contribution >= 4 is 17.0 Å². The van der Waals surface area contributed by atoms with Crippen molar-refractivity contribution in [2.45, 2.75) is 39.8 Å². The van der Waals surface area contributed by atoms with E-state index in [0.29, 0.717) is 0 Å². The topological polar surface area (TPSA) is 15.3 Å². The molecule has 1 aromatic heterocycles. The van der Waals surface area contributed by atoms with Gasteiger partial charge in [-0.25, -0.2) is 0 Å². The lowest BCUT2D eigenvalue weighted by molar-refractivity contribution is 0.690. The van der Waals surface area contributed by atoms with Crippen molar-refractivity contribution in [1.82, 2.24) is 5.32 Å². The normalized spacial score (nSPS) is 14.3. The molecular weight excluding hydrogens is 276 g/mol. The van der Waals surface area contributed by atoms with E-state index < -0.39 is 0 Å². The van der Waals surface area contributed by atoms with E-state index in [-0.39, 0.29) is 0 Å². The molecular formula is C18H24N2S. The summed E-state index contributed by atoms with van der Waals surface area (Å²) in [5, 5.41) is 3.25. The number of hydrogen-bond donors (Lipinski definition) is 1. The highest BCUT2D eigenvalue weighted by Gasteiger charge is 2.18. The van der Waals surface area contributed by atoms with Crippen LogP contribution in [0, 0.1) is 13.8 Å². The quantitative estimate of drug-likeness (QED) is 0.917. The van der Waals surface area contributed by atoms with Gasteiger partial charge in [0.05, 0.1) is 0 Å². The lowest BCUT2D eigenvalue weighted by Crippen LogP contribution is -2.28. The fraction of sp³-hybridized carbons (Fsp3) is 0.444. The number of benzene rings is 1. The molecule has 3 heteroatoms. The number of hydrogen-bond acceptors (Lipinski definition) is 3. The van der Waals surface area contributed by atoms with Crippen LogP contribution in [0.3, 0.4) is 0 Å². The number of thiophene rings is 1. The molecule has 0 atom stereocenters. The van der Waals surface area contributed by atoms with Gasteiger partial charge in [-0.1, -0.05) is 17.7 Å². The van der Waals surface area contributed by atoms with Gasteiger partial charge in [-0.3, -0.25) is 0 Å². The second-order valence-electron chi connectivity index (χ2n) is 5.98. The van der Waals surface area contributed by atoms with E-state index in [4.69, 9.17) is 0 Å². The maximum Gasteiger partial charge on any atom is 0.0440 e. The Kier molecular flexibility index (Phi) is 4.32. The predicted octanol–water partition coefficient (Wildman–Crippen LogP) is 4.04. The highest BCUT2D eigenvalue weighted by atomic mass is 32.1. The van der Waals surface area contributed by atoms with Crippen LogP contribution in [0.4, 0.5) is 5.69 Å². The maximum absolute atomic E-state index is 3.25. The number of aryl methyl sites for hydroxylation is 3. The summed E-state index contributed by atoms with van der Waals surface area (Å²) < 4.78 is 0. The van der Waals surface area contributed by atoms with Crippen molar-refractivity contribution in [3.8, 4) is 0 Å². The van der Waals surface area contributed by atoms with E-state index in [1.807, 2.05) is 18.4 Å². The number of rotatable bonds is 4. The Balaban J connectivity index is 1.83. The molecule has 2 nitrogen and oxygen atoms in total. The Morgan fingerprint density at radius 3 is 2.90 bits per heavy atom. The van der Waals surface area contributed by atoms with Gasteiger partial charge in [0.25, 0.3) is 0 Å². The standard InChI is InChI=1S/C18H24N2S/c1-13-6-7-18-15(9-13)5-4-8-20(18)12-16-10-17(11-19-3)21-14(16)2/h6-7,9-10,19H,4-5,8,11-12H2,1-3H3. The summed E-state index contributed by atoms with van der Waals surface area (Å²) in [5.74, 6) is 0. The SMILES string of the molecule is CNCc1cc(CN2CCCc3cc(C)ccc32)c(C)s1. The first-order chi connectivity index (χ1) is 10.2. The summed E-state index contributed by atoms with van der Waals surface area (Å²) in [6.07, 6.45) is 2.49.